The molecule has 27 heavy (non-hydrogen) atoms. The molecule has 8 heteroatoms. The van der Waals surface area contributed by atoms with Crippen LogP contribution in [0.2, 0.25) is 5.15 Å². The number of aromatic nitrogens is 2. The van der Waals surface area contributed by atoms with Crippen LogP contribution in [0.15, 0.2) is 59.8 Å². The molecule has 3 nitrogen and oxygen atoms in total. The first-order valence-corrected chi connectivity index (χ1v) is 9.07. The van der Waals surface area contributed by atoms with E-state index in [9.17, 15) is 18.4 Å². The maximum Gasteiger partial charge on any atom is 0.416 e. The summed E-state index contributed by atoms with van der Waals surface area (Å²) in [5, 5.41) is 9.64. The van der Waals surface area contributed by atoms with Crippen molar-refractivity contribution < 1.29 is 13.2 Å². The fourth-order valence-corrected chi connectivity index (χ4v) is 3.42. The van der Waals surface area contributed by atoms with Crippen LogP contribution in [0.4, 0.5) is 13.2 Å². The van der Waals surface area contributed by atoms with Gasteiger partial charge in [0.15, 0.2) is 10.3 Å². The Balaban J connectivity index is 1.89. The van der Waals surface area contributed by atoms with Crippen molar-refractivity contribution in [1.82, 2.24) is 9.97 Å². The zero-order valence-electron chi connectivity index (χ0n) is 13.7. The molecule has 3 rings (SSSR count). The van der Waals surface area contributed by atoms with Crippen molar-refractivity contribution in [3.05, 3.63) is 76.4 Å². The molecular weight excluding hydrogens is 395 g/mol. The Morgan fingerprint density at radius 3 is 2.44 bits per heavy atom. The first-order chi connectivity index (χ1) is 12.9. The Kier molecular flexibility index (Phi) is 5.68. The van der Waals surface area contributed by atoms with E-state index < -0.39 is 11.7 Å². The van der Waals surface area contributed by atoms with E-state index in [-0.39, 0.29) is 21.6 Å². The second-order valence-corrected chi connectivity index (χ2v) is 6.79. The summed E-state index contributed by atoms with van der Waals surface area (Å²) in [5.41, 5.74) is 1.04. The fraction of sp³-hybridized carbons (Fsp3) is 0.105. The van der Waals surface area contributed by atoms with Gasteiger partial charge in [-0.3, -0.25) is 0 Å². The van der Waals surface area contributed by atoms with Crippen molar-refractivity contribution in [2.75, 3.05) is 0 Å². The van der Waals surface area contributed by atoms with Crippen molar-refractivity contribution in [2.24, 2.45) is 0 Å². The van der Waals surface area contributed by atoms with Crippen LogP contribution in [0.25, 0.3) is 11.3 Å². The zero-order chi connectivity index (χ0) is 19.4. The van der Waals surface area contributed by atoms with Crippen LogP contribution in [0.5, 0.6) is 0 Å². The Hall–Kier alpha value is -2.56. The predicted octanol–water partition coefficient (Wildman–Crippen LogP) is 5.98. The third-order valence-corrected chi connectivity index (χ3v) is 4.82. The first-order valence-electron chi connectivity index (χ1n) is 7.70. The molecule has 0 unspecified atom stereocenters. The summed E-state index contributed by atoms with van der Waals surface area (Å²) in [5.74, 6) is 0.236. The third kappa shape index (κ3) is 4.59. The molecule has 0 radical (unpaired) electrons. The molecule has 0 fully saturated rings. The molecular formula is C19H11ClF3N3S. The van der Waals surface area contributed by atoms with Gasteiger partial charge in [-0.1, -0.05) is 71.9 Å². The van der Waals surface area contributed by atoms with Gasteiger partial charge in [-0.2, -0.15) is 18.4 Å². The molecule has 0 saturated heterocycles. The second-order valence-electron chi connectivity index (χ2n) is 5.49. The highest BCUT2D eigenvalue weighted by Crippen LogP contribution is 2.32. The number of nitriles is 1. The normalized spacial score (nSPS) is 11.2. The molecule has 0 spiro atoms. The molecule has 1 aromatic heterocycles. The maximum absolute atomic E-state index is 12.8. The number of nitrogens with zero attached hydrogens (tertiary/aromatic N) is 3. The lowest BCUT2D eigenvalue weighted by Crippen LogP contribution is -2.05. The van der Waals surface area contributed by atoms with Crippen molar-refractivity contribution in [2.45, 2.75) is 17.1 Å². The van der Waals surface area contributed by atoms with Crippen LogP contribution in [0.1, 0.15) is 16.7 Å². The third-order valence-electron chi connectivity index (χ3n) is 3.63. The van der Waals surface area contributed by atoms with E-state index in [1.54, 1.807) is 18.2 Å². The molecule has 3 aromatic rings. The number of hydrogen-bond donors (Lipinski definition) is 0. The van der Waals surface area contributed by atoms with Crippen molar-refractivity contribution in [3.63, 3.8) is 0 Å². The summed E-state index contributed by atoms with van der Waals surface area (Å²) in [6, 6.07) is 16.1. The molecule has 0 atom stereocenters. The molecule has 0 saturated carbocycles. The van der Waals surface area contributed by atoms with Crippen LogP contribution in [-0.2, 0) is 11.9 Å². The average molecular weight is 406 g/mol. The Morgan fingerprint density at radius 2 is 1.78 bits per heavy atom. The lowest BCUT2D eigenvalue weighted by molar-refractivity contribution is -0.137. The summed E-state index contributed by atoms with van der Waals surface area (Å²) < 4.78 is 38.5. The van der Waals surface area contributed by atoms with E-state index in [0.29, 0.717) is 16.8 Å². The van der Waals surface area contributed by atoms with Crippen LogP contribution in [0, 0.1) is 11.3 Å². The number of hydrogen-bond acceptors (Lipinski definition) is 4. The van der Waals surface area contributed by atoms with E-state index in [1.165, 1.54) is 6.07 Å². The van der Waals surface area contributed by atoms with Gasteiger partial charge >= 0.3 is 6.18 Å². The van der Waals surface area contributed by atoms with Gasteiger partial charge in [-0.05, 0) is 11.6 Å². The molecule has 136 valence electrons. The van der Waals surface area contributed by atoms with Crippen LogP contribution in [0.3, 0.4) is 0 Å². The first kappa shape index (κ1) is 19.2. The Morgan fingerprint density at radius 1 is 1.04 bits per heavy atom. The van der Waals surface area contributed by atoms with Crippen molar-refractivity contribution in [1.29, 1.82) is 5.26 Å². The molecule has 0 amide bonds. The minimum atomic E-state index is -4.39. The largest absolute Gasteiger partial charge is 0.416 e. The molecule has 0 bridgehead atoms. The van der Waals surface area contributed by atoms with Crippen molar-refractivity contribution in [3.8, 4) is 17.3 Å². The van der Waals surface area contributed by atoms with Gasteiger partial charge in [-0.25, -0.2) is 9.97 Å². The standard InChI is InChI=1S/C19H11ClF3N3S/c20-17-15(10-24)16(13-6-2-1-3-7-13)25-18(26-17)27-11-12-5-4-8-14(9-12)19(21,22)23/h1-9H,11H2. The van der Waals surface area contributed by atoms with E-state index >= 15 is 0 Å². The van der Waals surface area contributed by atoms with E-state index in [2.05, 4.69) is 9.97 Å². The minimum Gasteiger partial charge on any atom is -0.221 e. The van der Waals surface area contributed by atoms with Gasteiger partial charge in [-0.15, -0.1) is 0 Å². The van der Waals surface area contributed by atoms with Crippen LogP contribution in [-0.4, -0.2) is 9.97 Å². The van der Waals surface area contributed by atoms with Gasteiger partial charge in [0, 0.05) is 11.3 Å². The van der Waals surface area contributed by atoms with E-state index in [4.69, 9.17) is 11.6 Å². The average Bonchev–Trinajstić information content (AvgIpc) is 2.66. The zero-order valence-corrected chi connectivity index (χ0v) is 15.2. The number of rotatable bonds is 4. The van der Waals surface area contributed by atoms with Gasteiger partial charge < -0.3 is 0 Å². The van der Waals surface area contributed by atoms with Crippen LogP contribution < -0.4 is 0 Å². The minimum absolute atomic E-state index is 0.0119. The summed E-state index contributed by atoms with van der Waals surface area (Å²) in [4.78, 5) is 8.47. The maximum atomic E-state index is 12.8. The van der Waals surface area contributed by atoms with Crippen molar-refractivity contribution >= 4 is 23.4 Å². The highest BCUT2D eigenvalue weighted by molar-refractivity contribution is 7.98. The van der Waals surface area contributed by atoms with Gasteiger partial charge in [0.05, 0.1) is 11.3 Å². The number of thioether (sulfide) groups is 1. The molecule has 0 aliphatic carbocycles. The van der Waals surface area contributed by atoms with Gasteiger partial charge in [0.25, 0.3) is 0 Å². The summed E-state index contributed by atoms with van der Waals surface area (Å²) >= 11 is 7.27. The molecule has 1 heterocycles. The highest BCUT2D eigenvalue weighted by atomic mass is 35.5. The highest BCUT2D eigenvalue weighted by Gasteiger charge is 2.30. The van der Waals surface area contributed by atoms with Crippen LogP contribution >= 0.6 is 23.4 Å². The second kappa shape index (κ2) is 7.99. The molecule has 2 aromatic carbocycles. The predicted molar refractivity (Wildman–Crippen MR) is 98.2 cm³/mol. The Labute approximate surface area is 162 Å². The molecule has 0 N–H and O–H groups in total. The Bertz CT molecular complexity index is 1000. The number of benzene rings is 2. The quantitative estimate of drug-likeness (QED) is 0.304. The topological polar surface area (TPSA) is 49.6 Å². The summed E-state index contributed by atoms with van der Waals surface area (Å²) in [7, 11) is 0. The monoisotopic (exact) mass is 405 g/mol. The lowest BCUT2D eigenvalue weighted by atomic mass is 10.1. The van der Waals surface area contributed by atoms with E-state index in [0.717, 1.165) is 23.9 Å². The molecule has 0 aliphatic heterocycles. The fourth-order valence-electron chi connectivity index (χ4n) is 2.37. The summed E-state index contributed by atoms with van der Waals surface area (Å²) in [6.45, 7) is 0. The van der Waals surface area contributed by atoms with E-state index in [1.807, 2.05) is 24.3 Å². The van der Waals surface area contributed by atoms with Gasteiger partial charge in [0.1, 0.15) is 11.6 Å². The lowest BCUT2D eigenvalue weighted by Gasteiger charge is -2.09. The SMILES string of the molecule is N#Cc1c(Cl)nc(SCc2cccc(C(F)(F)F)c2)nc1-c1ccccc1. The van der Waals surface area contributed by atoms with Gasteiger partial charge in [0.2, 0.25) is 0 Å². The smallest absolute Gasteiger partial charge is 0.221 e. The number of halogens is 4. The molecule has 0 aliphatic rings. The number of alkyl halides is 3. The summed E-state index contributed by atoms with van der Waals surface area (Å²) in [6.07, 6.45) is -4.39.